The minimum Gasteiger partial charge on any atom is -0.480 e. The van der Waals surface area contributed by atoms with E-state index in [1.165, 1.54) is 0 Å². The Balaban J connectivity index is 4.75. The topological polar surface area (TPSA) is 185 Å². The molecule has 0 aromatic rings. The van der Waals surface area contributed by atoms with Crippen molar-refractivity contribution >= 4 is 23.7 Å². The number of aliphatic carboxylic acids is 1. The van der Waals surface area contributed by atoms with Crippen molar-refractivity contribution < 1.29 is 29.4 Å². The Bertz CT molecular complexity index is 454. The van der Waals surface area contributed by atoms with E-state index in [0.29, 0.717) is 0 Å². The number of aliphatic hydroxyl groups is 1. The van der Waals surface area contributed by atoms with Gasteiger partial charge in [-0.05, 0) is 12.3 Å². The number of carboxylic acids is 1. The van der Waals surface area contributed by atoms with E-state index in [9.17, 15) is 24.3 Å². The van der Waals surface area contributed by atoms with Crippen LogP contribution in [0.25, 0.3) is 0 Å². The summed E-state index contributed by atoms with van der Waals surface area (Å²) in [5.74, 6) is -3.71. The fourth-order valence-corrected chi connectivity index (χ4v) is 1.75. The molecule has 132 valence electrons. The minimum atomic E-state index is -1.38. The zero-order valence-electron chi connectivity index (χ0n) is 13.1. The lowest BCUT2D eigenvalue weighted by atomic mass is 10.0. The molecule has 0 aliphatic carbocycles. The number of nitrogens with two attached hydrogens (primary N) is 2. The molecule has 0 aromatic carbocycles. The lowest BCUT2D eigenvalue weighted by Gasteiger charge is -2.22. The number of nitrogens with one attached hydrogen (secondary N) is 2. The summed E-state index contributed by atoms with van der Waals surface area (Å²) in [6.45, 7) is 2.82. The fraction of sp³-hybridized carbons (Fsp3) is 0.692. The molecule has 0 saturated carbocycles. The number of carbonyl (C=O) groups excluding carboxylic acids is 3. The predicted molar refractivity (Wildman–Crippen MR) is 79.8 cm³/mol. The summed E-state index contributed by atoms with van der Waals surface area (Å²) in [5.41, 5.74) is 10.3. The summed E-state index contributed by atoms with van der Waals surface area (Å²) in [7, 11) is 0. The van der Waals surface area contributed by atoms with Gasteiger partial charge in [0.25, 0.3) is 0 Å². The molecule has 0 aliphatic heterocycles. The molecular formula is C13H24N4O6. The van der Waals surface area contributed by atoms with E-state index >= 15 is 0 Å². The van der Waals surface area contributed by atoms with Crippen molar-refractivity contribution in [1.29, 1.82) is 0 Å². The number of rotatable bonds is 10. The molecule has 10 heteroatoms. The van der Waals surface area contributed by atoms with Crippen LogP contribution in [0, 0.1) is 5.92 Å². The van der Waals surface area contributed by atoms with Gasteiger partial charge < -0.3 is 32.3 Å². The highest BCUT2D eigenvalue weighted by atomic mass is 16.4. The quantitative estimate of drug-likeness (QED) is 0.251. The maximum absolute atomic E-state index is 12.0. The molecule has 0 unspecified atom stereocenters. The van der Waals surface area contributed by atoms with Gasteiger partial charge in [0.2, 0.25) is 17.7 Å². The molecule has 23 heavy (non-hydrogen) atoms. The van der Waals surface area contributed by atoms with Gasteiger partial charge in [0.15, 0.2) is 0 Å². The Morgan fingerprint density at radius 1 is 1.04 bits per heavy atom. The summed E-state index contributed by atoms with van der Waals surface area (Å²) >= 11 is 0. The lowest BCUT2D eigenvalue weighted by molar-refractivity contribution is -0.143. The Kier molecular flexibility index (Phi) is 8.81. The van der Waals surface area contributed by atoms with Crippen LogP contribution >= 0.6 is 0 Å². The average molecular weight is 332 g/mol. The molecule has 0 heterocycles. The van der Waals surface area contributed by atoms with Gasteiger partial charge in [-0.25, -0.2) is 4.79 Å². The number of carboxylic acid groups (broad SMARTS) is 1. The molecule has 0 saturated heterocycles. The number of hydrogen-bond acceptors (Lipinski definition) is 6. The Morgan fingerprint density at radius 2 is 1.57 bits per heavy atom. The molecule has 0 spiro atoms. The minimum absolute atomic E-state index is 0.0163. The van der Waals surface area contributed by atoms with Gasteiger partial charge in [0.05, 0.1) is 19.1 Å². The molecule has 0 aromatic heterocycles. The molecule has 0 aliphatic rings. The van der Waals surface area contributed by atoms with Gasteiger partial charge in [-0.2, -0.15) is 0 Å². The second-order valence-corrected chi connectivity index (χ2v) is 5.55. The first-order valence-corrected chi connectivity index (χ1v) is 7.06. The van der Waals surface area contributed by atoms with Crippen molar-refractivity contribution in [3.8, 4) is 0 Å². The highest BCUT2D eigenvalue weighted by molar-refractivity contribution is 5.93. The van der Waals surface area contributed by atoms with Gasteiger partial charge in [0.1, 0.15) is 12.1 Å². The summed E-state index contributed by atoms with van der Waals surface area (Å²) < 4.78 is 0. The summed E-state index contributed by atoms with van der Waals surface area (Å²) in [6.07, 6.45) is -0.231. The maximum Gasteiger partial charge on any atom is 0.326 e. The largest absolute Gasteiger partial charge is 0.480 e. The molecule has 10 nitrogen and oxygen atoms in total. The van der Waals surface area contributed by atoms with Crippen molar-refractivity contribution in [1.82, 2.24) is 10.6 Å². The SMILES string of the molecule is CC(C)C[C@H](NC(=O)[C@H](CO)NC(=O)[C@@H](N)CC(N)=O)C(=O)O. The van der Waals surface area contributed by atoms with Gasteiger partial charge in [-0.3, -0.25) is 14.4 Å². The third kappa shape index (κ3) is 8.12. The van der Waals surface area contributed by atoms with Crippen LogP contribution in [-0.2, 0) is 19.2 Å². The van der Waals surface area contributed by atoms with Gasteiger partial charge >= 0.3 is 5.97 Å². The molecule has 8 N–H and O–H groups in total. The van der Waals surface area contributed by atoms with Gasteiger partial charge in [-0.15, -0.1) is 0 Å². The van der Waals surface area contributed by atoms with Crippen LogP contribution in [-0.4, -0.2) is 58.6 Å². The van der Waals surface area contributed by atoms with E-state index in [-0.39, 0.29) is 12.3 Å². The van der Waals surface area contributed by atoms with E-state index in [1.54, 1.807) is 13.8 Å². The maximum atomic E-state index is 12.0. The monoisotopic (exact) mass is 332 g/mol. The van der Waals surface area contributed by atoms with Crippen LogP contribution < -0.4 is 22.1 Å². The molecule has 3 atom stereocenters. The molecule has 0 radical (unpaired) electrons. The van der Waals surface area contributed by atoms with Crippen LogP contribution in [0.3, 0.4) is 0 Å². The smallest absolute Gasteiger partial charge is 0.326 e. The van der Waals surface area contributed by atoms with Gasteiger partial charge in [0, 0.05) is 0 Å². The summed E-state index contributed by atoms with van der Waals surface area (Å²) in [5, 5.41) is 22.6. The van der Waals surface area contributed by atoms with Crippen molar-refractivity contribution in [2.75, 3.05) is 6.61 Å². The second-order valence-electron chi connectivity index (χ2n) is 5.55. The van der Waals surface area contributed by atoms with Crippen LogP contribution in [0.1, 0.15) is 26.7 Å². The van der Waals surface area contributed by atoms with Crippen molar-refractivity contribution in [2.45, 2.75) is 44.8 Å². The third-order valence-corrected chi connectivity index (χ3v) is 2.90. The molecule has 0 rings (SSSR count). The van der Waals surface area contributed by atoms with Crippen molar-refractivity contribution in [2.24, 2.45) is 17.4 Å². The number of amides is 3. The summed E-state index contributed by atoms with van der Waals surface area (Å²) in [4.78, 5) is 45.5. The van der Waals surface area contributed by atoms with E-state index < -0.39 is 54.8 Å². The third-order valence-electron chi connectivity index (χ3n) is 2.90. The zero-order chi connectivity index (χ0) is 18.2. The molecule has 0 fully saturated rings. The predicted octanol–water partition coefficient (Wildman–Crippen LogP) is -2.72. The van der Waals surface area contributed by atoms with E-state index in [4.69, 9.17) is 16.6 Å². The van der Waals surface area contributed by atoms with Crippen molar-refractivity contribution in [3.05, 3.63) is 0 Å². The van der Waals surface area contributed by atoms with E-state index in [0.717, 1.165) is 0 Å². The Hall–Kier alpha value is -2.20. The molecule has 0 bridgehead atoms. The number of carbonyl (C=O) groups is 4. The summed E-state index contributed by atoms with van der Waals surface area (Å²) in [6, 6.07) is -3.79. The lowest BCUT2D eigenvalue weighted by Crippen LogP contribution is -2.56. The molecular weight excluding hydrogens is 308 g/mol. The first kappa shape index (κ1) is 20.8. The number of hydrogen-bond donors (Lipinski definition) is 6. The highest BCUT2D eigenvalue weighted by Crippen LogP contribution is 2.05. The van der Waals surface area contributed by atoms with Crippen LogP contribution in [0.2, 0.25) is 0 Å². The Morgan fingerprint density at radius 3 is 1.96 bits per heavy atom. The number of primary amides is 1. The highest BCUT2D eigenvalue weighted by Gasteiger charge is 2.28. The van der Waals surface area contributed by atoms with Gasteiger partial charge in [-0.1, -0.05) is 13.8 Å². The van der Waals surface area contributed by atoms with Crippen LogP contribution in [0.4, 0.5) is 0 Å². The van der Waals surface area contributed by atoms with Crippen LogP contribution in [0.5, 0.6) is 0 Å². The van der Waals surface area contributed by atoms with E-state index in [2.05, 4.69) is 10.6 Å². The number of aliphatic hydroxyl groups excluding tert-OH is 1. The van der Waals surface area contributed by atoms with Crippen LogP contribution in [0.15, 0.2) is 0 Å². The average Bonchev–Trinajstić information content (AvgIpc) is 2.41. The zero-order valence-corrected chi connectivity index (χ0v) is 13.1. The van der Waals surface area contributed by atoms with Crippen molar-refractivity contribution in [3.63, 3.8) is 0 Å². The molecule has 3 amide bonds. The standard InChI is InChI=1S/C13H24N4O6/c1-6(2)3-8(13(22)23)16-12(21)9(5-18)17-11(20)7(14)4-10(15)19/h6-9,18H,3-5,14H2,1-2H3,(H2,15,19)(H,16,21)(H,17,20)(H,22,23)/t7-,8-,9-/m0/s1. The first-order valence-electron chi connectivity index (χ1n) is 7.06. The Labute approximate surface area is 133 Å². The van der Waals surface area contributed by atoms with E-state index in [1.807, 2.05) is 0 Å². The first-order chi connectivity index (χ1) is 10.6. The normalized spacial score (nSPS) is 14.7. The second kappa shape index (κ2) is 9.74. The fourth-order valence-electron chi connectivity index (χ4n) is 1.75.